The van der Waals surface area contributed by atoms with Gasteiger partial charge in [-0.25, -0.2) is 0 Å². The average molecular weight is 403 g/mol. The third-order valence-electron chi connectivity index (χ3n) is 4.46. The second-order valence-electron chi connectivity index (χ2n) is 6.27. The first-order valence-electron chi connectivity index (χ1n) is 8.57. The van der Waals surface area contributed by atoms with Crippen LogP contribution < -0.4 is 5.32 Å². The van der Waals surface area contributed by atoms with Crippen LogP contribution in [0.15, 0.2) is 34.9 Å². The van der Waals surface area contributed by atoms with Crippen molar-refractivity contribution in [3.05, 3.63) is 51.9 Å². The molecule has 0 saturated heterocycles. The van der Waals surface area contributed by atoms with Crippen molar-refractivity contribution in [1.82, 2.24) is 20.1 Å². The Bertz CT molecular complexity index is 881. The standard InChI is InChI=1S/C19H23BrN4O/c1-13-19(20)14(2)24(23-13)11-5-10-21-18(25)9-8-15-12-22-17-7-4-3-6-16(15)17/h3-4,6-7,12,22H,5,8-11H2,1-2H3,(H,21,25). The van der Waals surface area contributed by atoms with Gasteiger partial charge in [0, 0.05) is 42.3 Å². The lowest BCUT2D eigenvalue weighted by Crippen LogP contribution is -2.25. The normalized spacial score (nSPS) is 11.2. The summed E-state index contributed by atoms with van der Waals surface area (Å²) in [5.41, 5.74) is 4.44. The number of hydrogen-bond acceptors (Lipinski definition) is 2. The van der Waals surface area contributed by atoms with Gasteiger partial charge >= 0.3 is 0 Å². The Morgan fingerprint density at radius 3 is 2.88 bits per heavy atom. The third-order valence-corrected chi connectivity index (χ3v) is 5.61. The van der Waals surface area contributed by atoms with Crippen molar-refractivity contribution in [2.75, 3.05) is 6.54 Å². The number of amides is 1. The van der Waals surface area contributed by atoms with E-state index in [1.54, 1.807) is 0 Å². The van der Waals surface area contributed by atoms with Crippen LogP contribution in [-0.2, 0) is 17.8 Å². The molecule has 0 saturated carbocycles. The number of nitrogens with one attached hydrogen (secondary N) is 2. The van der Waals surface area contributed by atoms with Crippen LogP contribution in [0.25, 0.3) is 10.9 Å². The minimum atomic E-state index is 0.0971. The van der Waals surface area contributed by atoms with Crippen LogP contribution in [-0.4, -0.2) is 27.2 Å². The number of rotatable bonds is 7. The number of fused-ring (bicyclic) bond motifs is 1. The number of carbonyl (C=O) groups is 1. The van der Waals surface area contributed by atoms with Crippen molar-refractivity contribution >= 4 is 32.7 Å². The largest absolute Gasteiger partial charge is 0.361 e. The summed E-state index contributed by atoms with van der Waals surface area (Å²) < 4.78 is 3.05. The zero-order valence-corrected chi connectivity index (χ0v) is 16.2. The van der Waals surface area contributed by atoms with Crippen LogP contribution in [0.3, 0.4) is 0 Å². The quantitative estimate of drug-likeness (QED) is 0.588. The van der Waals surface area contributed by atoms with E-state index >= 15 is 0 Å². The minimum absolute atomic E-state index is 0.0971. The van der Waals surface area contributed by atoms with Crippen LogP contribution in [0.5, 0.6) is 0 Å². The molecule has 0 aliphatic rings. The molecule has 1 aromatic carbocycles. The Morgan fingerprint density at radius 2 is 2.12 bits per heavy atom. The monoisotopic (exact) mass is 402 g/mol. The first-order chi connectivity index (χ1) is 12.1. The van der Waals surface area contributed by atoms with E-state index in [1.807, 2.05) is 36.9 Å². The molecule has 0 bridgehead atoms. The molecule has 0 radical (unpaired) electrons. The minimum Gasteiger partial charge on any atom is -0.361 e. The van der Waals surface area contributed by atoms with Crippen LogP contribution in [0.2, 0.25) is 0 Å². The molecule has 0 spiro atoms. The van der Waals surface area contributed by atoms with Gasteiger partial charge in [-0.05, 0) is 54.2 Å². The maximum absolute atomic E-state index is 12.1. The zero-order chi connectivity index (χ0) is 17.8. The Kier molecular flexibility index (Phi) is 5.58. The second-order valence-corrected chi connectivity index (χ2v) is 7.06. The molecule has 3 rings (SSSR count). The SMILES string of the molecule is Cc1nn(CCCNC(=O)CCc2c[nH]c3ccccc23)c(C)c1Br. The molecule has 2 heterocycles. The fraction of sp³-hybridized carbons (Fsp3) is 0.368. The summed E-state index contributed by atoms with van der Waals surface area (Å²) in [7, 11) is 0. The summed E-state index contributed by atoms with van der Waals surface area (Å²) in [5.74, 6) is 0.0971. The molecule has 0 aliphatic heterocycles. The summed E-state index contributed by atoms with van der Waals surface area (Å²) >= 11 is 3.53. The molecule has 0 fully saturated rings. The smallest absolute Gasteiger partial charge is 0.220 e. The average Bonchev–Trinajstić information content (AvgIpc) is 3.13. The molecule has 0 unspecified atom stereocenters. The van der Waals surface area contributed by atoms with Gasteiger partial charge < -0.3 is 10.3 Å². The van der Waals surface area contributed by atoms with Gasteiger partial charge in [0.15, 0.2) is 0 Å². The number of aromatic amines is 1. The Morgan fingerprint density at radius 1 is 1.32 bits per heavy atom. The van der Waals surface area contributed by atoms with E-state index in [-0.39, 0.29) is 5.91 Å². The molecule has 25 heavy (non-hydrogen) atoms. The molecule has 3 aromatic rings. The predicted molar refractivity (Wildman–Crippen MR) is 104 cm³/mol. The number of hydrogen-bond donors (Lipinski definition) is 2. The molecule has 2 N–H and O–H groups in total. The lowest BCUT2D eigenvalue weighted by molar-refractivity contribution is -0.121. The van der Waals surface area contributed by atoms with Gasteiger partial charge in [-0.1, -0.05) is 18.2 Å². The molecule has 2 aromatic heterocycles. The molecular weight excluding hydrogens is 380 g/mol. The van der Waals surface area contributed by atoms with Crippen molar-refractivity contribution in [2.45, 2.75) is 39.7 Å². The molecule has 0 atom stereocenters. The van der Waals surface area contributed by atoms with Crippen LogP contribution in [0, 0.1) is 13.8 Å². The van der Waals surface area contributed by atoms with Crippen molar-refractivity contribution < 1.29 is 4.79 Å². The second kappa shape index (κ2) is 7.87. The van der Waals surface area contributed by atoms with E-state index in [0.717, 1.165) is 40.8 Å². The number of nitrogens with zero attached hydrogens (tertiary/aromatic N) is 2. The molecule has 6 heteroatoms. The first-order valence-corrected chi connectivity index (χ1v) is 9.36. The van der Waals surface area contributed by atoms with E-state index in [1.165, 1.54) is 10.9 Å². The van der Waals surface area contributed by atoms with Gasteiger partial charge in [0.2, 0.25) is 5.91 Å². The summed E-state index contributed by atoms with van der Waals surface area (Å²) in [6.07, 6.45) is 4.12. The number of aryl methyl sites for hydroxylation is 3. The maximum atomic E-state index is 12.1. The highest BCUT2D eigenvalue weighted by molar-refractivity contribution is 9.10. The third kappa shape index (κ3) is 4.12. The highest BCUT2D eigenvalue weighted by Crippen LogP contribution is 2.20. The molecule has 5 nitrogen and oxygen atoms in total. The van der Waals surface area contributed by atoms with Crippen molar-refractivity contribution in [3.63, 3.8) is 0 Å². The summed E-state index contributed by atoms with van der Waals surface area (Å²) in [5, 5.41) is 8.68. The van der Waals surface area contributed by atoms with Crippen molar-refractivity contribution in [1.29, 1.82) is 0 Å². The molecular formula is C19H23BrN4O. The van der Waals surface area contributed by atoms with Gasteiger partial charge in [-0.3, -0.25) is 9.48 Å². The first kappa shape index (κ1) is 17.7. The van der Waals surface area contributed by atoms with Gasteiger partial charge in [0.25, 0.3) is 0 Å². The highest BCUT2D eigenvalue weighted by Gasteiger charge is 2.09. The van der Waals surface area contributed by atoms with Gasteiger partial charge in [-0.2, -0.15) is 5.10 Å². The fourth-order valence-corrected chi connectivity index (χ4v) is 3.31. The number of H-pyrrole nitrogens is 1. The van der Waals surface area contributed by atoms with Gasteiger partial charge in [0.1, 0.15) is 0 Å². The van der Waals surface area contributed by atoms with E-state index in [0.29, 0.717) is 13.0 Å². The summed E-state index contributed by atoms with van der Waals surface area (Å²) in [6.45, 7) is 5.51. The lowest BCUT2D eigenvalue weighted by Gasteiger charge is -2.07. The summed E-state index contributed by atoms with van der Waals surface area (Å²) in [6, 6.07) is 8.18. The molecule has 0 aliphatic carbocycles. The maximum Gasteiger partial charge on any atom is 0.220 e. The highest BCUT2D eigenvalue weighted by atomic mass is 79.9. The molecule has 1 amide bonds. The predicted octanol–water partition coefficient (Wildman–Crippen LogP) is 3.88. The topological polar surface area (TPSA) is 62.7 Å². The van der Waals surface area contributed by atoms with Crippen LogP contribution in [0.4, 0.5) is 0 Å². The van der Waals surface area contributed by atoms with Crippen molar-refractivity contribution in [2.24, 2.45) is 0 Å². The molecule has 132 valence electrons. The van der Waals surface area contributed by atoms with E-state index in [2.05, 4.69) is 43.5 Å². The van der Waals surface area contributed by atoms with E-state index < -0.39 is 0 Å². The Balaban J connectivity index is 1.42. The van der Waals surface area contributed by atoms with Crippen LogP contribution >= 0.6 is 15.9 Å². The number of carbonyl (C=O) groups excluding carboxylic acids is 1. The Labute approximate surface area is 155 Å². The number of para-hydroxylation sites is 1. The summed E-state index contributed by atoms with van der Waals surface area (Å²) in [4.78, 5) is 15.3. The number of benzene rings is 1. The Hall–Kier alpha value is -2.08. The van der Waals surface area contributed by atoms with Crippen LogP contribution in [0.1, 0.15) is 29.8 Å². The lowest BCUT2D eigenvalue weighted by atomic mass is 10.1. The number of aromatic nitrogens is 3. The van der Waals surface area contributed by atoms with E-state index in [9.17, 15) is 4.79 Å². The zero-order valence-electron chi connectivity index (χ0n) is 14.6. The van der Waals surface area contributed by atoms with E-state index in [4.69, 9.17) is 0 Å². The van der Waals surface area contributed by atoms with Crippen molar-refractivity contribution in [3.8, 4) is 0 Å². The number of halogens is 1. The van der Waals surface area contributed by atoms with Gasteiger partial charge in [-0.15, -0.1) is 0 Å². The van der Waals surface area contributed by atoms with Gasteiger partial charge in [0.05, 0.1) is 10.2 Å². The fourth-order valence-electron chi connectivity index (χ4n) is 3.02.